The summed E-state index contributed by atoms with van der Waals surface area (Å²) in [5, 5.41) is 7.11. The number of benzene rings is 1. The summed E-state index contributed by atoms with van der Waals surface area (Å²) in [7, 11) is 1.86. The fraction of sp³-hybridized carbons (Fsp3) is 0.389. The number of fused-ring (bicyclic) bond motifs is 1. The molecular formula is C18H22N4O3. The zero-order valence-electron chi connectivity index (χ0n) is 14.7. The van der Waals surface area contributed by atoms with Gasteiger partial charge < -0.3 is 15.0 Å². The zero-order chi connectivity index (χ0) is 18.0. The maximum atomic E-state index is 12.7. The molecule has 0 radical (unpaired) electrons. The largest absolute Gasteiger partial charge is 0.491 e. The Balaban J connectivity index is 1.63. The summed E-state index contributed by atoms with van der Waals surface area (Å²) in [6.07, 6.45) is 0. The predicted molar refractivity (Wildman–Crippen MR) is 92.4 cm³/mol. The summed E-state index contributed by atoms with van der Waals surface area (Å²) in [5.41, 5.74) is 3.30. The molecule has 1 aliphatic heterocycles. The number of hydrogen-bond donors (Lipinski definition) is 1. The van der Waals surface area contributed by atoms with Crippen LogP contribution in [-0.2, 0) is 18.4 Å². The summed E-state index contributed by atoms with van der Waals surface area (Å²) in [6.45, 7) is 4.96. The van der Waals surface area contributed by atoms with E-state index in [1.54, 1.807) is 16.8 Å². The van der Waals surface area contributed by atoms with Crippen LogP contribution in [0.15, 0.2) is 24.3 Å². The van der Waals surface area contributed by atoms with Gasteiger partial charge in [0.15, 0.2) is 0 Å². The van der Waals surface area contributed by atoms with Crippen LogP contribution in [0.5, 0.6) is 5.75 Å². The Morgan fingerprint density at radius 1 is 1.32 bits per heavy atom. The van der Waals surface area contributed by atoms with Crippen molar-refractivity contribution in [3.63, 3.8) is 0 Å². The van der Waals surface area contributed by atoms with Crippen molar-refractivity contribution in [2.45, 2.75) is 20.4 Å². The molecule has 1 N–H and O–H groups in total. The van der Waals surface area contributed by atoms with Gasteiger partial charge in [-0.25, -0.2) is 0 Å². The first-order valence-electron chi connectivity index (χ1n) is 8.23. The molecule has 0 bridgehead atoms. The van der Waals surface area contributed by atoms with E-state index in [2.05, 4.69) is 10.4 Å². The van der Waals surface area contributed by atoms with Gasteiger partial charge in [0.05, 0.1) is 30.9 Å². The molecule has 25 heavy (non-hydrogen) atoms. The van der Waals surface area contributed by atoms with Crippen molar-refractivity contribution in [3.8, 4) is 5.75 Å². The number of rotatable bonds is 4. The minimum Gasteiger partial charge on any atom is -0.491 e. The van der Waals surface area contributed by atoms with Crippen molar-refractivity contribution in [1.29, 1.82) is 0 Å². The Morgan fingerprint density at radius 3 is 2.84 bits per heavy atom. The van der Waals surface area contributed by atoms with Crippen LogP contribution in [0.4, 0.5) is 0 Å². The van der Waals surface area contributed by atoms with Crippen LogP contribution in [-0.4, -0.2) is 46.2 Å². The van der Waals surface area contributed by atoms with Gasteiger partial charge in [0.1, 0.15) is 12.4 Å². The lowest BCUT2D eigenvalue weighted by Crippen LogP contribution is -2.41. The number of carbonyl (C=O) groups is 2. The monoisotopic (exact) mass is 342 g/mol. The SMILES string of the molecule is Cc1ccc2c(c1)C(=O)N(CC(=O)NCc1cc(C)n(C)n1)CCO2. The maximum Gasteiger partial charge on any atom is 0.258 e. The molecule has 2 amide bonds. The molecule has 1 aliphatic rings. The number of amides is 2. The topological polar surface area (TPSA) is 76.5 Å². The van der Waals surface area contributed by atoms with E-state index in [1.807, 2.05) is 33.0 Å². The van der Waals surface area contributed by atoms with Crippen LogP contribution in [0, 0.1) is 13.8 Å². The summed E-state index contributed by atoms with van der Waals surface area (Å²) in [4.78, 5) is 26.4. The molecule has 0 unspecified atom stereocenters. The van der Waals surface area contributed by atoms with E-state index < -0.39 is 0 Å². The van der Waals surface area contributed by atoms with Gasteiger partial charge in [0.25, 0.3) is 5.91 Å². The summed E-state index contributed by atoms with van der Waals surface area (Å²) >= 11 is 0. The molecule has 0 saturated heterocycles. The van der Waals surface area contributed by atoms with Crippen molar-refractivity contribution in [1.82, 2.24) is 20.0 Å². The molecule has 132 valence electrons. The number of nitrogens with zero attached hydrogens (tertiary/aromatic N) is 3. The van der Waals surface area contributed by atoms with Crippen LogP contribution >= 0.6 is 0 Å². The van der Waals surface area contributed by atoms with Gasteiger partial charge in [-0.05, 0) is 32.0 Å². The van der Waals surface area contributed by atoms with Crippen LogP contribution in [0.3, 0.4) is 0 Å². The van der Waals surface area contributed by atoms with Crippen molar-refractivity contribution in [2.75, 3.05) is 19.7 Å². The molecule has 0 spiro atoms. The summed E-state index contributed by atoms with van der Waals surface area (Å²) < 4.78 is 7.38. The van der Waals surface area contributed by atoms with E-state index in [4.69, 9.17) is 4.74 Å². The first-order valence-corrected chi connectivity index (χ1v) is 8.23. The average molecular weight is 342 g/mol. The normalized spacial score (nSPS) is 13.9. The first-order chi connectivity index (χ1) is 11.9. The highest BCUT2D eigenvalue weighted by Crippen LogP contribution is 2.24. The Morgan fingerprint density at radius 2 is 2.12 bits per heavy atom. The van der Waals surface area contributed by atoms with Crippen molar-refractivity contribution in [3.05, 3.63) is 46.8 Å². The molecule has 7 nitrogen and oxygen atoms in total. The summed E-state index contributed by atoms with van der Waals surface area (Å²) in [5.74, 6) is 0.176. The number of ether oxygens (including phenoxy) is 1. The second kappa shape index (κ2) is 6.96. The lowest BCUT2D eigenvalue weighted by Gasteiger charge is -2.19. The second-order valence-corrected chi connectivity index (χ2v) is 6.25. The number of aromatic nitrogens is 2. The quantitative estimate of drug-likeness (QED) is 0.905. The van der Waals surface area contributed by atoms with E-state index >= 15 is 0 Å². The van der Waals surface area contributed by atoms with Crippen molar-refractivity contribution < 1.29 is 14.3 Å². The van der Waals surface area contributed by atoms with Crippen LogP contribution in [0.2, 0.25) is 0 Å². The van der Waals surface area contributed by atoms with Gasteiger partial charge in [-0.2, -0.15) is 5.10 Å². The van der Waals surface area contributed by atoms with Crippen LogP contribution < -0.4 is 10.1 Å². The van der Waals surface area contributed by atoms with E-state index in [0.29, 0.717) is 31.0 Å². The Hall–Kier alpha value is -2.83. The van der Waals surface area contributed by atoms with Gasteiger partial charge in [-0.3, -0.25) is 14.3 Å². The molecule has 2 aromatic rings. The Bertz CT molecular complexity index is 793. The predicted octanol–water partition coefficient (Wildman–Crippen LogP) is 1.19. The first kappa shape index (κ1) is 17.0. The molecule has 0 fully saturated rings. The fourth-order valence-electron chi connectivity index (χ4n) is 2.77. The third-order valence-corrected chi connectivity index (χ3v) is 4.24. The maximum absolute atomic E-state index is 12.7. The highest BCUT2D eigenvalue weighted by Gasteiger charge is 2.25. The second-order valence-electron chi connectivity index (χ2n) is 6.25. The molecule has 1 aromatic heterocycles. The number of aryl methyl sites for hydroxylation is 3. The fourth-order valence-corrected chi connectivity index (χ4v) is 2.77. The van der Waals surface area contributed by atoms with Crippen LogP contribution in [0.1, 0.15) is 27.3 Å². The van der Waals surface area contributed by atoms with E-state index in [1.165, 1.54) is 4.90 Å². The molecule has 2 heterocycles. The molecule has 1 aromatic carbocycles. The minimum absolute atomic E-state index is 0.00138. The van der Waals surface area contributed by atoms with E-state index in [9.17, 15) is 9.59 Å². The smallest absolute Gasteiger partial charge is 0.258 e. The highest BCUT2D eigenvalue weighted by molar-refractivity contribution is 5.99. The molecule has 3 rings (SSSR count). The van der Waals surface area contributed by atoms with Gasteiger partial charge in [0.2, 0.25) is 5.91 Å². The number of carbonyl (C=O) groups excluding carboxylic acids is 2. The van der Waals surface area contributed by atoms with Crippen molar-refractivity contribution >= 4 is 11.8 Å². The molecule has 7 heteroatoms. The number of hydrogen-bond acceptors (Lipinski definition) is 4. The van der Waals surface area contributed by atoms with E-state index in [0.717, 1.165) is 17.0 Å². The van der Waals surface area contributed by atoms with Gasteiger partial charge in [0, 0.05) is 12.7 Å². The standard InChI is InChI=1S/C18H22N4O3/c1-12-4-5-16-15(8-12)18(24)22(6-7-25-16)11-17(23)19-10-14-9-13(2)21(3)20-14/h4-5,8-9H,6-7,10-11H2,1-3H3,(H,19,23). The van der Waals surface area contributed by atoms with Gasteiger partial charge in [-0.1, -0.05) is 11.6 Å². The van der Waals surface area contributed by atoms with Gasteiger partial charge in [-0.15, -0.1) is 0 Å². The number of nitrogens with one attached hydrogen (secondary N) is 1. The van der Waals surface area contributed by atoms with Gasteiger partial charge >= 0.3 is 0 Å². The Kier molecular flexibility index (Phi) is 4.74. The van der Waals surface area contributed by atoms with Crippen LogP contribution in [0.25, 0.3) is 0 Å². The molecule has 0 aliphatic carbocycles. The zero-order valence-corrected chi connectivity index (χ0v) is 14.7. The third kappa shape index (κ3) is 3.81. The highest BCUT2D eigenvalue weighted by atomic mass is 16.5. The summed E-state index contributed by atoms with van der Waals surface area (Å²) in [6, 6.07) is 7.42. The van der Waals surface area contributed by atoms with E-state index in [-0.39, 0.29) is 18.4 Å². The van der Waals surface area contributed by atoms with Crippen molar-refractivity contribution in [2.24, 2.45) is 7.05 Å². The molecule has 0 atom stereocenters. The molecule has 0 saturated carbocycles. The molecular weight excluding hydrogens is 320 g/mol. The third-order valence-electron chi connectivity index (χ3n) is 4.24. The lowest BCUT2D eigenvalue weighted by molar-refractivity contribution is -0.122. The minimum atomic E-state index is -0.215. The average Bonchev–Trinajstić information content (AvgIpc) is 2.82. The lowest BCUT2D eigenvalue weighted by atomic mass is 10.1. The Labute approximate surface area is 146 Å².